The minimum atomic E-state index is -1.14. The first kappa shape index (κ1) is 23.3. The van der Waals surface area contributed by atoms with E-state index in [9.17, 15) is 19.1 Å². The molecule has 9 heteroatoms. The molecule has 172 valence electrons. The summed E-state index contributed by atoms with van der Waals surface area (Å²) in [5.74, 6) is -1.46. The Morgan fingerprint density at radius 1 is 1.24 bits per heavy atom. The van der Waals surface area contributed by atoms with Crippen LogP contribution in [0.4, 0.5) is 10.2 Å². The molecule has 1 aromatic heterocycles. The number of nitrogens with zero attached hydrogens (tertiary/aromatic N) is 3. The summed E-state index contributed by atoms with van der Waals surface area (Å²) in [6, 6.07) is 13.3. The van der Waals surface area contributed by atoms with Gasteiger partial charge in [-0.3, -0.25) is 14.5 Å². The lowest BCUT2D eigenvalue weighted by molar-refractivity contribution is -0.136. The van der Waals surface area contributed by atoms with E-state index in [1.807, 2.05) is 26.8 Å². The number of hydrogen-bond acceptors (Lipinski definition) is 4. The molecule has 3 aromatic rings. The molecule has 1 N–H and O–H groups in total. The van der Waals surface area contributed by atoms with Gasteiger partial charge in [-0.2, -0.15) is 5.10 Å². The molecule has 0 saturated carbocycles. The third-order valence-corrected chi connectivity index (χ3v) is 6.79. The van der Waals surface area contributed by atoms with E-state index in [2.05, 4.69) is 0 Å². The van der Waals surface area contributed by atoms with Crippen LogP contribution in [0.5, 0.6) is 0 Å². The number of benzene rings is 2. The average Bonchev–Trinajstić information content (AvgIpc) is 3.07. The van der Waals surface area contributed by atoms with Gasteiger partial charge in [-0.1, -0.05) is 50.6 Å². The maximum Gasteiger partial charge on any atom is 0.323 e. The third-order valence-electron chi connectivity index (χ3n) is 5.30. The van der Waals surface area contributed by atoms with Crippen molar-refractivity contribution in [1.82, 2.24) is 9.78 Å². The van der Waals surface area contributed by atoms with E-state index in [1.54, 1.807) is 35.0 Å². The number of carboxylic acid groups (broad SMARTS) is 1. The Bertz CT molecular complexity index is 1240. The van der Waals surface area contributed by atoms with E-state index in [1.165, 1.54) is 28.8 Å². The molecule has 33 heavy (non-hydrogen) atoms. The first-order valence-corrected chi connectivity index (χ1v) is 11.8. The van der Waals surface area contributed by atoms with Gasteiger partial charge in [0.2, 0.25) is 5.91 Å². The summed E-state index contributed by atoms with van der Waals surface area (Å²) in [5.41, 5.74) is 2.24. The van der Waals surface area contributed by atoms with Crippen molar-refractivity contribution >= 4 is 41.1 Å². The molecule has 0 bridgehead atoms. The van der Waals surface area contributed by atoms with Crippen molar-refractivity contribution in [2.75, 3.05) is 17.2 Å². The van der Waals surface area contributed by atoms with E-state index in [4.69, 9.17) is 16.7 Å². The number of aromatic nitrogens is 2. The predicted molar refractivity (Wildman–Crippen MR) is 128 cm³/mol. The van der Waals surface area contributed by atoms with Crippen molar-refractivity contribution in [1.29, 1.82) is 0 Å². The lowest BCUT2D eigenvalue weighted by Gasteiger charge is -2.24. The Kier molecular flexibility index (Phi) is 6.24. The summed E-state index contributed by atoms with van der Waals surface area (Å²) in [6.45, 7) is 5.48. The number of amides is 1. The lowest BCUT2D eigenvalue weighted by Crippen LogP contribution is -2.38. The topological polar surface area (TPSA) is 75.4 Å². The standard InChI is InChI=1S/C24H23ClFN3O3S/c1-24(2,3)22-20-21(14-6-4-8-16(26)10-14)33-13-18(30)28(12-19(31)32)23(20)29(27-22)17-9-5-7-15(25)11-17/h4-11,21H,12-13H2,1-3H3,(H,31,32). The maximum absolute atomic E-state index is 14.2. The second-order valence-electron chi connectivity index (χ2n) is 8.85. The lowest BCUT2D eigenvalue weighted by atomic mass is 9.87. The Morgan fingerprint density at radius 2 is 1.97 bits per heavy atom. The number of hydrogen-bond donors (Lipinski definition) is 1. The molecular formula is C24H23ClFN3O3S. The highest BCUT2D eigenvalue weighted by Gasteiger charge is 2.40. The largest absolute Gasteiger partial charge is 0.480 e. The van der Waals surface area contributed by atoms with Crippen LogP contribution in [0.2, 0.25) is 5.02 Å². The number of rotatable bonds is 4. The molecule has 1 amide bonds. The highest BCUT2D eigenvalue weighted by atomic mass is 35.5. The van der Waals surface area contributed by atoms with Gasteiger partial charge in [0.1, 0.15) is 18.2 Å². The molecule has 1 unspecified atom stereocenters. The van der Waals surface area contributed by atoms with Gasteiger partial charge in [0, 0.05) is 16.0 Å². The van der Waals surface area contributed by atoms with Crippen molar-refractivity contribution in [3.05, 3.63) is 76.2 Å². The number of carbonyl (C=O) groups excluding carboxylic acids is 1. The number of aliphatic carboxylic acids is 1. The second kappa shape index (κ2) is 8.83. The van der Waals surface area contributed by atoms with Crippen LogP contribution in [0.25, 0.3) is 5.69 Å². The molecule has 1 aliphatic heterocycles. The fourth-order valence-electron chi connectivity index (χ4n) is 3.93. The van der Waals surface area contributed by atoms with Gasteiger partial charge >= 0.3 is 5.97 Å². The highest BCUT2D eigenvalue weighted by Crippen LogP contribution is 2.48. The molecular weight excluding hydrogens is 465 g/mol. The van der Waals surface area contributed by atoms with Crippen LogP contribution in [-0.4, -0.2) is 39.1 Å². The highest BCUT2D eigenvalue weighted by molar-refractivity contribution is 8.00. The number of fused-ring (bicyclic) bond motifs is 1. The molecule has 2 heterocycles. The van der Waals surface area contributed by atoms with E-state index < -0.39 is 23.2 Å². The number of carboxylic acids is 1. The van der Waals surface area contributed by atoms with Gasteiger partial charge < -0.3 is 5.11 Å². The molecule has 0 radical (unpaired) electrons. The van der Waals surface area contributed by atoms with Crippen molar-refractivity contribution in [2.45, 2.75) is 31.4 Å². The van der Waals surface area contributed by atoms with Gasteiger partial charge in [0.15, 0.2) is 0 Å². The average molecular weight is 488 g/mol. The summed E-state index contributed by atoms with van der Waals surface area (Å²) in [4.78, 5) is 26.2. The smallest absolute Gasteiger partial charge is 0.323 e. The molecule has 6 nitrogen and oxygen atoms in total. The Morgan fingerprint density at radius 3 is 2.61 bits per heavy atom. The zero-order chi connectivity index (χ0) is 23.9. The first-order valence-electron chi connectivity index (χ1n) is 10.3. The Labute approximate surface area is 200 Å². The second-order valence-corrected chi connectivity index (χ2v) is 10.4. The van der Waals surface area contributed by atoms with E-state index in [0.29, 0.717) is 33.3 Å². The Balaban J connectivity index is 2.08. The SMILES string of the molecule is CC(C)(C)c1nn(-c2cccc(Cl)c2)c2c1C(c1cccc(F)c1)SCC(=O)N2CC(=O)O. The molecule has 1 atom stereocenters. The predicted octanol–water partition coefficient (Wildman–Crippen LogP) is 5.22. The van der Waals surface area contributed by atoms with Crippen LogP contribution in [0, 0.1) is 5.82 Å². The summed E-state index contributed by atoms with van der Waals surface area (Å²) in [5, 5.41) is 14.5. The quantitative estimate of drug-likeness (QED) is 0.546. The van der Waals surface area contributed by atoms with Crippen LogP contribution >= 0.6 is 23.4 Å². The van der Waals surface area contributed by atoms with Gasteiger partial charge in [-0.15, -0.1) is 11.8 Å². The zero-order valence-corrected chi connectivity index (χ0v) is 20.0. The van der Waals surface area contributed by atoms with Gasteiger partial charge in [-0.25, -0.2) is 9.07 Å². The molecule has 0 aliphatic carbocycles. The van der Waals surface area contributed by atoms with Crippen LogP contribution in [0.15, 0.2) is 48.5 Å². The van der Waals surface area contributed by atoms with Crippen molar-refractivity contribution in [3.63, 3.8) is 0 Å². The van der Waals surface area contributed by atoms with E-state index in [0.717, 1.165) is 0 Å². The van der Waals surface area contributed by atoms with Crippen LogP contribution < -0.4 is 4.90 Å². The van der Waals surface area contributed by atoms with Crippen molar-refractivity contribution < 1.29 is 19.1 Å². The van der Waals surface area contributed by atoms with Crippen LogP contribution in [0.1, 0.15) is 42.8 Å². The molecule has 4 rings (SSSR count). The summed E-state index contributed by atoms with van der Waals surface area (Å²) < 4.78 is 15.8. The fourth-order valence-corrected chi connectivity index (χ4v) is 5.30. The summed E-state index contributed by atoms with van der Waals surface area (Å²) >= 11 is 7.58. The number of thioether (sulfide) groups is 1. The number of carbonyl (C=O) groups is 2. The van der Waals surface area contributed by atoms with E-state index >= 15 is 0 Å². The molecule has 1 aliphatic rings. The summed E-state index contributed by atoms with van der Waals surface area (Å²) in [7, 11) is 0. The Hall–Kier alpha value is -2.84. The molecule has 0 fully saturated rings. The fraction of sp³-hybridized carbons (Fsp3) is 0.292. The van der Waals surface area contributed by atoms with E-state index in [-0.39, 0.29) is 17.5 Å². The number of anilines is 1. The van der Waals surface area contributed by atoms with Gasteiger partial charge in [-0.05, 0) is 35.9 Å². The molecule has 0 saturated heterocycles. The normalized spacial score (nSPS) is 16.5. The van der Waals surface area contributed by atoms with Gasteiger partial charge in [0.25, 0.3) is 0 Å². The van der Waals surface area contributed by atoms with Crippen molar-refractivity contribution in [3.8, 4) is 5.69 Å². The molecule has 0 spiro atoms. The van der Waals surface area contributed by atoms with Crippen molar-refractivity contribution in [2.24, 2.45) is 0 Å². The maximum atomic E-state index is 14.2. The number of halogens is 2. The van der Waals surface area contributed by atoms with Gasteiger partial charge in [0.05, 0.1) is 22.4 Å². The third kappa shape index (κ3) is 4.63. The molecule has 2 aromatic carbocycles. The minimum Gasteiger partial charge on any atom is -0.480 e. The zero-order valence-electron chi connectivity index (χ0n) is 18.4. The first-order chi connectivity index (χ1) is 15.6. The van der Waals surface area contributed by atoms with Crippen LogP contribution in [-0.2, 0) is 15.0 Å². The monoisotopic (exact) mass is 487 g/mol. The summed E-state index contributed by atoms with van der Waals surface area (Å²) in [6.07, 6.45) is 0. The minimum absolute atomic E-state index is 0.0439. The van der Waals surface area contributed by atoms with Crippen LogP contribution in [0.3, 0.4) is 0 Å².